The molecule has 1 aromatic heterocycles. The van der Waals surface area contributed by atoms with E-state index in [4.69, 9.17) is 11.6 Å². The summed E-state index contributed by atoms with van der Waals surface area (Å²) < 4.78 is 28.0. The summed E-state index contributed by atoms with van der Waals surface area (Å²) >= 11 is 7.72. The number of rotatable bonds is 8. The highest BCUT2D eigenvalue weighted by molar-refractivity contribution is 7.89. The largest absolute Gasteiger partial charge is 0.352 e. The molecule has 0 spiro atoms. The van der Waals surface area contributed by atoms with Crippen molar-refractivity contribution < 1.29 is 18.0 Å². The van der Waals surface area contributed by atoms with Gasteiger partial charge in [-0.15, -0.1) is 11.3 Å². The molecule has 2 heterocycles. The van der Waals surface area contributed by atoms with Crippen LogP contribution < -0.4 is 5.32 Å². The van der Waals surface area contributed by atoms with Crippen LogP contribution in [0, 0.1) is 12.8 Å². The van der Waals surface area contributed by atoms with E-state index in [0.29, 0.717) is 31.0 Å². The Bertz CT molecular complexity index is 1160. The zero-order valence-electron chi connectivity index (χ0n) is 20.6. The molecule has 1 saturated carbocycles. The molecule has 2 fully saturated rings. The molecule has 2 aliphatic rings. The third kappa shape index (κ3) is 6.68. The molecular weight excluding hydrogens is 518 g/mol. The quantitative estimate of drug-likeness (QED) is 0.520. The lowest BCUT2D eigenvalue weighted by atomic mass is 9.95. The van der Waals surface area contributed by atoms with Gasteiger partial charge >= 0.3 is 0 Å². The standard InChI is InChI=1S/C26H34ClN3O4S2/c1-19-11-12-23(15-24(19)27)36(33,34)30-13-5-7-20(16-30)26(32)29(17-22-10-6-14-35-22)18-25(31)28-21-8-3-2-4-9-21/h6,10-12,14-15,20-21H,2-5,7-9,13,16-18H2,1H3,(H,28,31)/t20-/m1/s1. The molecule has 1 atom stereocenters. The highest BCUT2D eigenvalue weighted by Crippen LogP contribution is 2.28. The number of hydrogen-bond acceptors (Lipinski definition) is 5. The van der Waals surface area contributed by atoms with Gasteiger partial charge in [0.15, 0.2) is 0 Å². The zero-order chi connectivity index (χ0) is 25.7. The van der Waals surface area contributed by atoms with Crippen molar-refractivity contribution in [3.05, 3.63) is 51.2 Å². The monoisotopic (exact) mass is 551 g/mol. The van der Waals surface area contributed by atoms with Crippen molar-refractivity contribution in [1.82, 2.24) is 14.5 Å². The maximum absolute atomic E-state index is 13.7. The molecule has 7 nitrogen and oxygen atoms in total. The highest BCUT2D eigenvalue weighted by atomic mass is 35.5. The van der Waals surface area contributed by atoms with Crippen molar-refractivity contribution in [2.75, 3.05) is 19.6 Å². The van der Waals surface area contributed by atoms with Crippen molar-refractivity contribution >= 4 is 44.8 Å². The van der Waals surface area contributed by atoms with Crippen LogP contribution in [0.5, 0.6) is 0 Å². The smallest absolute Gasteiger partial charge is 0.243 e. The Hall–Kier alpha value is -1.94. The predicted molar refractivity (Wildman–Crippen MR) is 142 cm³/mol. The van der Waals surface area contributed by atoms with Gasteiger partial charge in [-0.05, 0) is 61.7 Å². The number of halogens is 1. The first-order valence-corrected chi connectivity index (χ1v) is 15.3. The van der Waals surface area contributed by atoms with Gasteiger partial charge in [0.1, 0.15) is 0 Å². The molecule has 10 heteroatoms. The van der Waals surface area contributed by atoms with E-state index in [2.05, 4.69) is 5.32 Å². The molecule has 1 N–H and O–H groups in total. The fourth-order valence-electron chi connectivity index (χ4n) is 5.00. The number of carbonyl (C=O) groups excluding carboxylic acids is 2. The molecular formula is C26H34ClN3O4S2. The van der Waals surface area contributed by atoms with E-state index < -0.39 is 15.9 Å². The molecule has 0 unspecified atom stereocenters. The van der Waals surface area contributed by atoms with Crippen LogP contribution in [0.3, 0.4) is 0 Å². The SMILES string of the molecule is Cc1ccc(S(=O)(=O)N2CCC[C@@H](C(=O)N(CC(=O)NC3CCCCC3)Cc3cccs3)C2)cc1Cl. The average molecular weight is 552 g/mol. The number of thiophene rings is 1. The van der Waals surface area contributed by atoms with Crippen molar-refractivity contribution in [2.24, 2.45) is 5.92 Å². The molecule has 2 aromatic rings. The van der Waals surface area contributed by atoms with Crippen LogP contribution in [-0.2, 0) is 26.2 Å². The summed E-state index contributed by atoms with van der Waals surface area (Å²) in [5.74, 6) is -0.831. The van der Waals surface area contributed by atoms with Crippen molar-refractivity contribution in [3.63, 3.8) is 0 Å². The van der Waals surface area contributed by atoms with Crippen molar-refractivity contribution in [1.29, 1.82) is 0 Å². The second kappa shape index (κ2) is 12.1. The maximum Gasteiger partial charge on any atom is 0.243 e. The Morgan fingerprint density at radius 1 is 1.14 bits per heavy atom. The van der Waals surface area contributed by atoms with Gasteiger partial charge < -0.3 is 10.2 Å². The molecule has 4 rings (SSSR count). The topological polar surface area (TPSA) is 86.8 Å². The Morgan fingerprint density at radius 2 is 1.92 bits per heavy atom. The summed E-state index contributed by atoms with van der Waals surface area (Å²) in [6, 6.07) is 8.75. The van der Waals surface area contributed by atoms with Gasteiger partial charge in [0.25, 0.3) is 0 Å². The first kappa shape index (κ1) is 27.1. The maximum atomic E-state index is 13.7. The first-order valence-electron chi connectivity index (χ1n) is 12.6. The molecule has 1 aliphatic carbocycles. The van der Waals surface area contributed by atoms with E-state index in [9.17, 15) is 18.0 Å². The molecule has 1 aromatic carbocycles. The van der Waals surface area contributed by atoms with Crippen LogP contribution in [0.15, 0.2) is 40.6 Å². The van der Waals surface area contributed by atoms with Gasteiger partial charge in [0.05, 0.1) is 23.9 Å². The number of piperidine rings is 1. The lowest BCUT2D eigenvalue weighted by Crippen LogP contribution is -2.49. The van der Waals surface area contributed by atoms with Gasteiger partial charge in [-0.2, -0.15) is 4.31 Å². The Kier molecular flexibility index (Phi) is 9.09. The summed E-state index contributed by atoms with van der Waals surface area (Å²) in [6.07, 6.45) is 6.54. The lowest BCUT2D eigenvalue weighted by molar-refractivity contribution is -0.141. The summed E-state index contributed by atoms with van der Waals surface area (Å²) in [5.41, 5.74) is 0.804. The minimum atomic E-state index is -3.78. The average Bonchev–Trinajstić information content (AvgIpc) is 3.38. The number of nitrogens with zero attached hydrogens (tertiary/aromatic N) is 2. The minimum absolute atomic E-state index is 0.0238. The molecule has 0 bridgehead atoms. The van der Waals surface area contributed by atoms with E-state index in [0.717, 1.165) is 36.1 Å². The fraction of sp³-hybridized carbons (Fsp3) is 0.538. The number of aryl methyl sites for hydroxylation is 1. The van der Waals surface area contributed by atoms with Crippen molar-refractivity contribution in [3.8, 4) is 0 Å². The second-order valence-electron chi connectivity index (χ2n) is 9.79. The second-order valence-corrected chi connectivity index (χ2v) is 13.2. The van der Waals surface area contributed by atoms with E-state index in [1.165, 1.54) is 28.1 Å². The number of amides is 2. The molecule has 196 valence electrons. The van der Waals surface area contributed by atoms with Crippen LogP contribution >= 0.6 is 22.9 Å². The molecule has 2 amide bonds. The number of hydrogen-bond donors (Lipinski definition) is 1. The van der Waals surface area contributed by atoms with Gasteiger partial charge in [0, 0.05) is 29.0 Å². The third-order valence-corrected chi connectivity index (χ3v) is 10.2. The molecule has 1 saturated heterocycles. The first-order chi connectivity index (χ1) is 17.2. The van der Waals surface area contributed by atoms with Gasteiger partial charge in [-0.3, -0.25) is 9.59 Å². The zero-order valence-corrected chi connectivity index (χ0v) is 23.0. The minimum Gasteiger partial charge on any atom is -0.352 e. The van der Waals surface area contributed by atoms with E-state index >= 15 is 0 Å². The van der Waals surface area contributed by atoms with E-state index in [1.807, 2.05) is 24.4 Å². The third-order valence-electron chi connectivity index (χ3n) is 7.06. The summed E-state index contributed by atoms with van der Waals surface area (Å²) in [5, 5.41) is 5.44. The molecule has 0 radical (unpaired) electrons. The summed E-state index contributed by atoms with van der Waals surface area (Å²) in [7, 11) is -3.78. The van der Waals surface area contributed by atoms with Crippen LogP contribution in [0.2, 0.25) is 5.02 Å². The van der Waals surface area contributed by atoms with Gasteiger partial charge in [0.2, 0.25) is 21.8 Å². The molecule has 1 aliphatic heterocycles. The van der Waals surface area contributed by atoms with Crippen LogP contribution in [0.4, 0.5) is 0 Å². The summed E-state index contributed by atoms with van der Waals surface area (Å²) in [6.45, 7) is 2.58. The number of carbonyl (C=O) groups is 2. The fourth-order valence-corrected chi connectivity index (χ4v) is 7.51. The highest BCUT2D eigenvalue weighted by Gasteiger charge is 2.36. The Morgan fingerprint density at radius 3 is 2.61 bits per heavy atom. The number of benzene rings is 1. The molecule has 36 heavy (non-hydrogen) atoms. The van der Waals surface area contributed by atoms with Crippen molar-refractivity contribution in [2.45, 2.75) is 69.4 Å². The van der Waals surface area contributed by atoms with Crippen LogP contribution in [-0.4, -0.2) is 55.1 Å². The van der Waals surface area contributed by atoms with Gasteiger partial charge in [-0.1, -0.05) is 43.0 Å². The Balaban J connectivity index is 1.47. The van der Waals surface area contributed by atoms with Crippen LogP contribution in [0.1, 0.15) is 55.4 Å². The van der Waals surface area contributed by atoms with Crippen LogP contribution in [0.25, 0.3) is 0 Å². The lowest BCUT2D eigenvalue weighted by Gasteiger charge is -2.34. The normalized spacial score (nSPS) is 19.7. The van der Waals surface area contributed by atoms with Gasteiger partial charge in [-0.25, -0.2) is 8.42 Å². The predicted octanol–water partition coefficient (Wildman–Crippen LogP) is 4.59. The summed E-state index contributed by atoms with van der Waals surface area (Å²) in [4.78, 5) is 29.3. The number of nitrogens with one attached hydrogen (secondary N) is 1. The van der Waals surface area contributed by atoms with E-state index in [1.54, 1.807) is 17.0 Å². The Labute approximate surface area is 222 Å². The number of sulfonamides is 1. The van der Waals surface area contributed by atoms with E-state index in [-0.39, 0.29) is 35.8 Å².